The molecule has 2 heterocycles. The molecule has 1 radical (unpaired) electrons. The summed E-state index contributed by atoms with van der Waals surface area (Å²) in [4.78, 5) is 19.2. The van der Waals surface area contributed by atoms with Gasteiger partial charge in [0.1, 0.15) is 0 Å². The van der Waals surface area contributed by atoms with Crippen LogP contribution in [0.25, 0.3) is 0 Å². The third-order valence-electron chi connectivity index (χ3n) is 3.42. The zero-order chi connectivity index (χ0) is 15.7. The van der Waals surface area contributed by atoms with E-state index in [1.807, 2.05) is 0 Å². The second-order valence-corrected chi connectivity index (χ2v) is 6.79. The van der Waals surface area contributed by atoms with Crippen LogP contribution in [0.15, 0.2) is 35.2 Å². The summed E-state index contributed by atoms with van der Waals surface area (Å²) in [5, 5.41) is 0. The first-order valence-electron chi connectivity index (χ1n) is 6.61. The molecule has 2 aromatic rings. The number of fused-ring (bicyclic) bond motifs is 1. The number of carbonyl (C=O) groups excluding carboxylic acids is 1. The Balaban J connectivity index is 1.94. The first-order valence-corrected chi connectivity index (χ1v) is 8.05. The summed E-state index contributed by atoms with van der Waals surface area (Å²) >= 11 is 0. The predicted molar refractivity (Wildman–Crippen MR) is 77.1 cm³/mol. The third-order valence-corrected chi connectivity index (χ3v) is 5.28. The summed E-state index contributed by atoms with van der Waals surface area (Å²) in [6.07, 6.45) is 3.16. The Labute approximate surface area is 127 Å². The van der Waals surface area contributed by atoms with Gasteiger partial charge < -0.3 is 5.73 Å². The Hall–Kier alpha value is -2.32. The molecule has 8 heteroatoms. The normalized spacial score (nSPS) is 15.3. The molecule has 1 aromatic heterocycles. The topological polar surface area (TPSA) is 106 Å². The standard InChI is InChI=1S/C14H13N4O3S/c15-13(19)14-16-8-10-6-7-18(9-12(10)17-14)22(20,21)11-4-2-1-3-5-11/h1-5H,6-7,9H2,(H2,15,19). The third kappa shape index (κ3) is 2.58. The molecule has 2 N–H and O–H groups in total. The highest BCUT2D eigenvalue weighted by molar-refractivity contribution is 7.89. The minimum atomic E-state index is -3.59. The van der Waals surface area contributed by atoms with Gasteiger partial charge in [0.15, 0.2) is 0 Å². The van der Waals surface area contributed by atoms with E-state index in [4.69, 9.17) is 5.73 Å². The van der Waals surface area contributed by atoms with Crippen LogP contribution in [0, 0.1) is 6.20 Å². The van der Waals surface area contributed by atoms with Crippen LogP contribution in [0.2, 0.25) is 0 Å². The molecule has 0 saturated carbocycles. The average Bonchev–Trinajstić information content (AvgIpc) is 2.54. The molecular formula is C14H13N4O3S. The lowest BCUT2D eigenvalue weighted by molar-refractivity contribution is 0.0989. The van der Waals surface area contributed by atoms with Crippen LogP contribution >= 0.6 is 0 Å². The van der Waals surface area contributed by atoms with Crippen molar-refractivity contribution in [2.24, 2.45) is 5.73 Å². The summed E-state index contributed by atoms with van der Waals surface area (Å²) in [5.41, 5.74) is 6.32. The number of hydrogen-bond donors (Lipinski definition) is 1. The fourth-order valence-electron chi connectivity index (χ4n) is 2.28. The number of nitrogens with two attached hydrogens (primary N) is 1. The van der Waals surface area contributed by atoms with E-state index in [-0.39, 0.29) is 17.3 Å². The van der Waals surface area contributed by atoms with Gasteiger partial charge in [0.25, 0.3) is 5.91 Å². The van der Waals surface area contributed by atoms with E-state index < -0.39 is 15.9 Å². The Morgan fingerprint density at radius 1 is 1.27 bits per heavy atom. The number of amides is 1. The van der Waals surface area contributed by atoms with E-state index >= 15 is 0 Å². The molecule has 1 aromatic carbocycles. The number of benzene rings is 1. The Bertz CT molecular complexity index is 821. The van der Waals surface area contributed by atoms with Crippen molar-refractivity contribution in [1.82, 2.24) is 14.3 Å². The lowest BCUT2D eigenvalue weighted by Crippen LogP contribution is -2.37. The van der Waals surface area contributed by atoms with Crippen molar-refractivity contribution in [3.63, 3.8) is 0 Å². The highest BCUT2D eigenvalue weighted by atomic mass is 32.2. The molecule has 3 rings (SSSR count). The van der Waals surface area contributed by atoms with E-state index in [9.17, 15) is 13.2 Å². The summed E-state index contributed by atoms with van der Waals surface area (Å²) in [7, 11) is -3.59. The Kier molecular flexibility index (Phi) is 3.63. The molecule has 22 heavy (non-hydrogen) atoms. The summed E-state index contributed by atoms with van der Waals surface area (Å²) in [6.45, 7) is 0.395. The van der Waals surface area contributed by atoms with E-state index in [1.54, 1.807) is 30.3 Å². The van der Waals surface area contributed by atoms with E-state index in [1.165, 1.54) is 4.31 Å². The smallest absolute Gasteiger partial charge is 0.286 e. The molecule has 113 valence electrons. The zero-order valence-corrected chi connectivity index (χ0v) is 12.4. The van der Waals surface area contributed by atoms with E-state index in [0.717, 1.165) is 0 Å². The van der Waals surface area contributed by atoms with Crippen LogP contribution in [0.3, 0.4) is 0 Å². The lowest BCUT2D eigenvalue weighted by atomic mass is 10.1. The molecule has 0 fully saturated rings. The zero-order valence-electron chi connectivity index (χ0n) is 11.6. The maximum absolute atomic E-state index is 12.6. The largest absolute Gasteiger partial charge is 0.363 e. The van der Waals surface area contributed by atoms with E-state index in [0.29, 0.717) is 24.2 Å². The van der Waals surface area contributed by atoms with Crippen molar-refractivity contribution in [3.05, 3.63) is 53.6 Å². The average molecular weight is 317 g/mol. The number of hydrogen-bond acceptors (Lipinski definition) is 5. The van der Waals surface area contributed by atoms with Gasteiger partial charge in [0.05, 0.1) is 23.3 Å². The number of sulfonamides is 1. The maximum Gasteiger partial charge on any atom is 0.286 e. The van der Waals surface area contributed by atoms with Gasteiger partial charge in [-0.3, -0.25) is 4.79 Å². The van der Waals surface area contributed by atoms with Crippen LogP contribution in [0.5, 0.6) is 0 Å². The highest BCUT2D eigenvalue weighted by Crippen LogP contribution is 2.23. The molecule has 0 atom stereocenters. The fraction of sp³-hybridized carbons (Fsp3) is 0.214. The monoisotopic (exact) mass is 317 g/mol. The SMILES string of the molecule is NC(=O)c1n[c]c2c(n1)CN(S(=O)(=O)c1ccccc1)CC2. The van der Waals surface area contributed by atoms with Crippen molar-refractivity contribution in [2.75, 3.05) is 6.54 Å². The van der Waals surface area contributed by atoms with Crippen molar-refractivity contribution >= 4 is 15.9 Å². The van der Waals surface area contributed by atoms with Gasteiger partial charge in [-0.2, -0.15) is 4.31 Å². The summed E-state index contributed by atoms with van der Waals surface area (Å²) < 4.78 is 26.5. The number of primary amides is 1. The van der Waals surface area contributed by atoms with Gasteiger partial charge in [-0.05, 0) is 18.6 Å². The van der Waals surface area contributed by atoms with Gasteiger partial charge >= 0.3 is 0 Å². The molecule has 1 amide bonds. The molecule has 0 saturated heterocycles. The quantitative estimate of drug-likeness (QED) is 0.865. The molecule has 0 bridgehead atoms. The highest BCUT2D eigenvalue weighted by Gasteiger charge is 2.29. The molecule has 0 spiro atoms. The minimum Gasteiger partial charge on any atom is -0.363 e. The van der Waals surface area contributed by atoms with Gasteiger partial charge in [-0.1, -0.05) is 18.2 Å². The first kappa shape index (κ1) is 14.6. The molecule has 1 aliphatic heterocycles. The number of aromatic nitrogens is 2. The maximum atomic E-state index is 12.6. The van der Waals surface area contributed by atoms with Crippen LogP contribution in [-0.4, -0.2) is 35.1 Å². The number of nitrogens with zero attached hydrogens (tertiary/aromatic N) is 3. The van der Waals surface area contributed by atoms with Crippen LogP contribution in [-0.2, 0) is 23.0 Å². The van der Waals surface area contributed by atoms with Crippen molar-refractivity contribution in [3.8, 4) is 0 Å². The fourth-order valence-corrected chi connectivity index (χ4v) is 3.70. The molecular weight excluding hydrogens is 304 g/mol. The van der Waals surface area contributed by atoms with Gasteiger partial charge in [-0.15, -0.1) is 0 Å². The van der Waals surface area contributed by atoms with Crippen LogP contribution in [0.1, 0.15) is 21.9 Å². The molecule has 0 unspecified atom stereocenters. The molecule has 7 nitrogen and oxygen atoms in total. The van der Waals surface area contributed by atoms with Gasteiger partial charge in [0.2, 0.25) is 15.8 Å². The molecule has 0 aliphatic carbocycles. The Morgan fingerprint density at radius 2 is 2.00 bits per heavy atom. The summed E-state index contributed by atoms with van der Waals surface area (Å²) in [6, 6.07) is 8.20. The second-order valence-electron chi connectivity index (χ2n) is 4.85. The van der Waals surface area contributed by atoms with Crippen LogP contribution in [0.4, 0.5) is 0 Å². The number of carbonyl (C=O) groups is 1. The van der Waals surface area contributed by atoms with Gasteiger partial charge in [0, 0.05) is 12.1 Å². The van der Waals surface area contributed by atoms with Crippen molar-refractivity contribution < 1.29 is 13.2 Å². The van der Waals surface area contributed by atoms with Crippen molar-refractivity contribution in [1.29, 1.82) is 0 Å². The Morgan fingerprint density at radius 3 is 2.68 bits per heavy atom. The first-order chi connectivity index (χ1) is 10.5. The number of rotatable bonds is 3. The molecule has 1 aliphatic rings. The van der Waals surface area contributed by atoms with Crippen molar-refractivity contribution in [2.45, 2.75) is 17.9 Å². The van der Waals surface area contributed by atoms with Crippen LogP contribution < -0.4 is 5.73 Å². The van der Waals surface area contributed by atoms with Gasteiger partial charge in [-0.25, -0.2) is 18.4 Å². The second kappa shape index (κ2) is 5.47. The predicted octanol–water partition coefficient (Wildman–Crippen LogP) is 0.123. The lowest BCUT2D eigenvalue weighted by Gasteiger charge is -2.27. The minimum absolute atomic E-state index is 0.0753. The van der Waals surface area contributed by atoms with E-state index in [2.05, 4.69) is 16.2 Å². The summed E-state index contributed by atoms with van der Waals surface area (Å²) in [5.74, 6) is -0.917.